The summed E-state index contributed by atoms with van der Waals surface area (Å²) < 4.78 is 4.05. The summed E-state index contributed by atoms with van der Waals surface area (Å²) in [5.41, 5.74) is 6.25. The van der Waals surface area contributed by atoms with Crippen LogP contribution in [0.4, 0.5) is 0 Å². The van der Waals surface area contributed by atoms with Gasteiger partial charge in [-0.1, -0.05) is 35.0 Å². The van der Waals surface area contributed by atoms with E-state index < -0.39 is 0 Å². The Balaban J connectivity index is 2.46. The van der Waals surface area contributed by atoms with Gasteiger partial charge in [0.15, 0.2) is 0 Å². The molecule has 3 N–H and O–H groups in total. The molecule has 20 heavy (non-hydrogen) atoms. The third kappa shape index (κ3) is 3.14. The number of halogens is 2. The van der Waals surface area contributed by atoms with Gasteiger partial charge in [0.2, 0.25) is 0 Å². The second kappa shape index (κ2) is 6.85. The zero-order valence-electron chi connectivity index (χ0n) is 11.5. The lowest BCUT2D eigenvalue weighted by atomic mass is 10.0. The van der Waals surface area contributed by atoms with Crippen LogP contribution in [0.15, 0.2) is 33.3 Å². The van der Waals surface area contributed by atoms with E-state index in [1.165, 1.54) is 5.56 Å². The van der Waals surface area contributed by atoms with Crippen molar-refractivity contribution >= 4 is 31.9 Å². The van der Waals surface area contributed by atoms with Gasteiger partial charge in [0.25, 0.3) is 0 Å². The molecule has 0 aliphatic rings. The SMILES string of the molecule is CCCn1ncc(Br)c1C(NN)c1ccc(Br)c(C)c1. The van der Waals surface area contributed by atoms with Gasteiger partial charge < -0.3 is 0 Å². The minimum Gasteiger partial charge on any atom is -0.271 e. The largest absolute Gasteiger partial charge is 0.271 e. The highest BCUT2D eigenvalue weighted by Gasteiger charge is 2.21. The molecule has 1 unspecified atom stereocenters. The van der Waals surface area contributed by atoms with Gasteiger partial charge in [-0.2, -0.15) is 5.10 Å². The van der Waals surface area contributed by atoms with Gasteiger partial charge in [0.1, 0.15) is 0 Å². The number of hydrogen-bond acceptors (Lipinski definition) is 3. The third-order valence-corrected chi connectivity index (χ3v) is 4.72. The average Bonchev–Trinajstić information content (AvgIpc) is 2.77. The smallest absolute Gasteiger partial charge is 0.0889 e. The molecule has 4 nitrogen and oxygen atoms in total. The lowest BCUT2D eigenvalue weighted by molar-refractivity contribution is 0.519. The van der Waals surface area contributed by atoms with E-state index in [1.807, 2.05) is 16.9 Å². The molecule has 0 aliphatic heterocycles. The van der Waals surface area contributed by atoms with E-state index in [0.29, 0.717) is 0 Å². The predicted molar refractivity (Wildman–Crippen MR) is 88.3 cm³/mol. The van der Waals surface area contributed by atoms with E-state index in [9.17, 15) is 0 Å². The summed E-state index contributed by atoms with van der Waals surface area (Å²) in [6.07, 6.45) is 2.85. The van der Waals surface area contributed by atoms with Crippen molar-refractivity contribution in [2.75, 3.05) is 0 Å². The van der Waals surface area contributed by atoms with Crippen molar-refractivity contribution in [3.05, 3.63) is 50.2 Å². The van der Waals surface area contributed by atoms with Crippen LogP contribution in [0.1, 0.15) is 36.2 Å². The predicted octanol–water partition coefficient (Wildman–Crippen LogP) is 3.68. The van der Waals surface area contributed by atoms with Gasteiger partial charge in [0.05, 0.1) is 22.4 Å². The number of benzene rings is 1. The summed E-state index contributed by atoms with van der Waals surface area (Å²) in [6, 6.07) is 6.15. The number of nitrogens with one attached hydrogen (secondary N) is 1. The molecular formula is C14H18Br2N4. The highest BCUT2D eigenvalue weighted by atomic mass is 79.9. The molecule has 0 amide bonds. The number of nitrogens with zero attached hydrogens (tertiary/aromatic N) is 2. The Morgan fingerprint density at radius 1 is 1.35 bits per heavy atom. The molecule has 1 heterocycles. The van der Waals surface area contributed by atoms with Gasteiger partial charge >= 0.3 is 0 Å². The molecule has 0 radical (unpaired) electrons. The second-order valence-corrected chi connectivity index (χ2v) is 6.42. The first-order chi connectivity index (χ1) is 9.58. The topological polar surface area (TPSA) is 55.9 Å². The molecule has 0 bridgehead atoms. The van der Waals surface area contributed by atoms with Crippen molar-refractivity contribution in [2.24, 2.45) is 5.84 Å². The van der Waals surface area contributed by atoms with Crippen molar-refractivity contribution in [2.45, 2.75) is 32.9 Å². The van der Waals surface area contributed by atoms with Crippen LogP contribution < -0.4 is 11.3 Å². The molecule has 0 fully saturated rings. The van der Waals surface area contributed by atoms with Gasteiger partial charge in [0, 0.05) is 11.0 Å². The Kier molecular flexibility index (Phi) is 5.37. The molecule has 1 aromatic carbocycles. The number of aryl methyl sites for hydroxylation is 2. The number of rotatable bonds is 5. The van der Waals surface area contributed by atoms with Crippen molar-refractivity contribution in [3.63, 3.8) is 0 Å². The maximum atomic E-state index is 5.79. The standard InChI is InChI=1S/C14H18Br2N4/c1-3-6-20-14(12(16)8-18-20)13(19-17)10-4-5-11(15)9(2)7-10/h4-5,7-8,13,19H,3,6,17H2,1-2H3. The summed E-state index contributed by atoms with van der Waals surface area (Å²) in [6.45, 7) is 5.07. The van der Waals surface area contributed by atoms with Crippen molar-refractivity contribution in [3.8, 4) is 0 Å². The maximum absolute atomic E-state index is 5.79. The summed E-state index contributed by atoms with van der Waals surface area (Å²) in [4.78, 5) is 0. The van der Waals surface area contributed by atoms with Crippen LogP contribution in [0.5, 0.6) is 0 Å². The highest BCUT2D eigenvalue weighted by Crippen LogP contribution is 2.30. The summed E-state index contributed by atoms with van der Waals surface area (Å²) in [5, 5.41) is 4.40. The van der Waals surface area contributed by atoms with Crippen LogP contribution in [0.2, 0.25) is 0 Å². The van der Waals surface area contributed by atoms with Crippen LogP contribution in [0.3, 0.4) is 0 Å². The first-order valence-corrected chi connectivity index (χ1v) is 8.10. The molecule has 108 valence electrons. The van der Waals surface area contributed by atoms with E-state index in [4.69, 9.17) is 5.84 Å². The van der Waals surface area contributed by atoms with Gasteiger partial charge in [-0.05, 0) is 46.5 Å². The average molecular weight is 402 g/mol. The lowest BCUT2D eigenvalue weighted by Gasteiger charge is -2.19. The van der Waals surface area contributed by atoms with Gasteiger partial charge in [-0.3, -0.25) is 10.5 Å². The summed E-state index contributed by atoms with van der Waals surface area (Å²) in [7, 11) is 0. The van der Waals surface area contributed by atoms with E-state index in [2.05, 4.69) is 68.4 Å². The van der Waals surface area contributed by atoms with Crippen LogP contribution in [0, 0.1) is 6.92 Å². The molecule has 0 saturated carbocycles. The van der Waals surface area contributed by atoms with E-state index in [0.717, 1.165) is 33.2 Å². The molecule has 0 aliphatic carbocycles. The highest BCUT2D eigenvalue weighted by molar-refractivity contribution is 9.10. The zero-order valence-corrected chi connectivity index (χ0v) is 14.7. The molecule has 2 rings (SSSR count). The molecule has 0 saturated heterocycles. The van der Waals surface area contributed by atoms with Crippen molar-refractivity contribution in [1.82, 2.24) is 15.2 Å². The quantitative estimate of drug-likeness (QED) is 0.593. The molecule has 6 heteroatoms. The molecule has 2 aromatic rings. The zero-order chi connectivity index (χ0) is 14.7. The number of aromatic nitrogens is 2. The summed E-state index contributed by atoms with van der Waals surface area (Å²) in [5.74, 6) is 5.79. The Hall–Kier alpha value is -0.690. The lowest BCUT2D eigenvalue weighted by Crippen LogP contribution is -2.31. The minimum atomic E-state index is -0.0924. The van der Waals surface area contributed by atoms with Crippen molar-refractivity contribution < 1.29 is 0 Å². The fourth-order valence-electron chi connectivity index (χ4n) is 2.23. The Labute approximate surface area is 136 Å². The Bertz CT molecular complexity index is 595. The Morgan fingerprint density at radius 2 is 2.10 bits per heavy atom. The van der Waals surface area contributed by atoms with E-state index >= 15 is 0 Å². The second-order valence-electron chi connectivity index (χ2n) is 4.71. The van der Waals surface area contributed by atoms with Crippen LogP contribution >= 0.6 is 31.9 Å². The number of hydrazine groups is 1. The normalized spacial score (nSPS) is 12.7. The molecule has 1 atom stereocenters. The van der Waals surface area contributed by atoms with Gasteiger partial charge in [-0.25, -0.2) is 5.43 Å². The number of nitrogens with two attached hydrogens (primary N) is 1. The third-order valence-electron chi connectivity index (χ3n) is 3.22. The Morgan fingerprint density at radius 3 is 2.70 bits per heavy atom. The first-order valence-electron chi connectivity index (χ1n) is 6.51. The van der Waals surface area contributed by atoms with Crippen LogP contribution in [0.25, 0.3) is 0 Å². The van der Waals surface area contributed by atoms with E-state index in [-0.39, 0.29) is 6.04 Å². The van der Waals surface area contributed by atoms with Gasteiger partial charge in [-0.15, -0.1) is 0 Å². The molecule has 1 aromatic heterocycles. The monoisotopic (exact) mass is 400 g/mol. The first kappa shape index (κ1) is 15.7. The fourth-order valence-corrected chi connectivity index (χ4v) is 3.00. The molecular weight excluding hydrogens is 384 g/mol. The van der Waals surface area contributed by atoms with E-state index in [1.54, 1.807) is 0 Å². The summed E-state index contributed by atoms with van der Waals surface area (Å²) >= 11 is 7.10. The van der Waals surface area contributed by atoms with Crippen LogP contribution in [-0.2, 0) is 6.54 Å². The molecule has 0 spiro atoms. The fraction of sp³-hybridized carbons (Fsp3) is 0.357. The minimum absolute atomic E-state index is 0.0924. The maximum Gasteiger partial charge on any atom is 0.0889 e. The van der Waals surface area contributed by atoms with Crippen LogP contribution in [-0.4, -0.2) is 9.78 Å². The number of hydrogen-bond donors (Lipinski definition) is 2. The van der Waals surface area contributed by atoms with Crippen molar-refractivity contribution in [1.29, 1.82) is 0 Å².